The van der Waals surface area contributed by atoms with E-state index in [9.17, 15) is 0 Å². The first-order chi connectivity index (χ1) is 9.24. The maximum Gasteiger partial charge on any atom is 0.0238 e. The number of hydrogen-bond donors (Lipinski definition) is 1. The van der Waals surface area contributed by atoms with Crippen molar-refractivity contribution in [2.75, 3.05) is 26.2 Å². The zero-order chi connectivity index (χ0) is 13.2. The normalized spacial score (nSPS) is 33.5. The van der Waals surface area contributed by atoms with Crippen LogP contribution in [0.15, 0.2) is 0 Å². The van der Waals surface area contributed by atoms with Crippen molar-refractivity contribution in [2.45, 2.75) is 76.5 Å². The van der Waals surface area contributed by atoms with E-state index in [2.05, 4.69) is 29.0 Å². The molecule has 2 saturated heterocycles. The van der Waals surface area contributed by atoms with Gasteiger partial charge in [0.25, 0.3) is 0 Å². The summed E-state index contributed by atoms with van der Waals surface area (Å²) in [5.41, 5.74) is 0. The van der Waals surface area contributed by atoms with E-state index in [1.165, 1.54) is 64.7 Å². The second kappa shape index (κ2) is 6.11. The first-order valence-corrected chi connectivity index (χ1v) is 8.47. The highest BCUT2D eigenvalue weighted by atomic mass is 15.3. The highest BCUT2D eigenvalue weighted by Gasteiger charge is 2.37. The molecule has 3 heteroatoms. The van der Waals surface area contributed by atoms with Crippen LogP contribution in [0.4, 0.5) is 0 Å². The van der Waals surface area contributed by atoms with Crippen molar-refractivity contribution in [2.24, 2.45) is 0 Å². The Hall–Kier alpha value is -0.120. The molecule has 0 radical (unpaired) electrons. The number of likely N-dealkylation sites (tertiary alicyclic amines) is 1. The van der Waals surface area contributed by atoms with Crippen molar-refractivity contribution in [3.63, 3.8) is 0 Å². The van der Waals surface area contributed by atoms with Gasteiger partial charge in [0.05, 0.1) is 0 Å². The first-order valence-electron chi connectivity index (χ1n) is 8.47. The minimum Gasteiger partial charge on any atom is -0.313 e. The standard InChI is InChI=1S/C16H31N3/c1-13(2)19(11-14-5-3-4-9-17-14)16-8-10-18(12-16)15-6-7-15/h13-17H,3-12H2,1-2H3. The van der Waals surface area contributed by atoms with E-state index in [1.54, 1.807) is 0 Å². The predicted molar refractivity (Wildman–Crippen MR) is 80.5 cm³/mol. The zero-order valence-corrected chi connectivity index (χ0v) is 12.8. The Labute approximate surface area is 118 Å². The van der Waals surface area contributed by atoms with E-state index < -0.39 is 0 Å². The second-order valence-corrected chi connectivity index (χ2v) is 7.11. The van der Waals surface area contributed by atoms with Crippen molar-refractivity contribution in [3.05, 3.63) is 0 Å². The predicted octanol–water partition coefficient (Wildman–Crippen LogP) is 2.08. The molecule has 1 N–H and O–H groups in total. The van der Waals surface area contributed by atoms with Gasteiger partial charge < -0.3 is 5.32 Å². The number of hydrogen-bond acceptors (Lipinski definition) is 3. The molecule has 1 saturated carbocycles. The Bertz CT molecular complexity index is 282. The van der Waals surface area contributed by atoms with Crippen LogP contribution >= 0.6 is 0 Å². The highest BCUT2D eigenvalue weighted by Crippen LogP contribution is 2.31. The number of rotatable bonds is 5. The summed E-state index contributed by atoms with van der Waals surface area (Å²) in [6.07, 6.45) is 8.47. The lowest BCUT2D eigenvalue weighted by atomic mass is 10.0. The van der Waals surface area contributed by atoms with Crippen LogP contribution < -0.4 is 5.32 Å². The fraction of sp³-hybridized carbons (Fsp3) is 1.00. The van der Waals surface area contributed by atoms with Crippen LogP contribution in [0.2, 0.25) is 0 Å². The fourth-order valence-electron chi connectivity index (χ4n) is 3.93. The SMILES string of the molecule is CC(C)N(CC1CCCCN1)C1CCN(C2CC2)C1. The summed E-state index contributed by atoms with van der Waals surface area (Å²) in [6.45, 7) is 9.92. The minimum absolute atomic E-state index is 0.688. The Kier molecular flexibility index (Phi) is 4.45. The van der Waals surface area contributed by atoms with Crippen LogP contribution in [0.25, 0.3) is 0 Å². The zero-order valence-electron chi connectivity index (χ0n) is 12.8. The molecule has 3 aliphatic rings. The van der Waals surface area contributed by atoms with Gasteiger partial charge in [0.1, 0.15) is 0 Å². The number of piperidine rings is 1. The van der Waals surface area contributed by atoms with Crippen molar-refractivity contribution in [1.29, 1.82) is 0 Å². The largest absolute Gasteiger partial charge is 0.313 e. The maximum atomic E-state index is 3.72. The van der Waals surface area contributed by atoms with Gasteiger partial charge in [-0.25, -0.2) is 0 Å². The van der Waals surface area contributed by atoms with Crippen LogP contribution in [-0.4, -0.2) is 60.1 Å². The second-order valence-electron chi connectivity index (χ2n) is 7.11. The third kappa shape index (κ3) is 3.50. The monoisotopic (exact) mass is 265 g/mol. The molecule has 110 valence electrons. The van der Waals surface area contributed by atoms with Gasteiger partial charge in [-0.15, -0.1) is 0 Å². The quantitative estimate of drug-likeness (QED) is 0.821. The van der Waals surface area contributed by atoms with Crippen molar-refractivity contribution < 1.29 is 0 Å². The topological polar surface area (TPSA) is 18.5 Å². The van der Waals surface area contributed by atoms with Gasteiger partial charge in [0, 0.05) is 43.8 Å². The van der Waals surface area contributed by atoms with Gasteiger partial charge in [-0.2, -0.15) is 0 Å². The van der Waals surface area contributed by atoms with Crippen molar-refractivity contribution in [1.82, 2.24) is 15.1 Å². The minimum atomic E-state index is 0.688. The molecule has 0 spiro atoms. The van der Waals surface area contributed by atoms with E-state index >= 15 is 0 Å². The highest BCUT2D eigenvalue weighted by molar-refractivity contribution is 4.94. The third-order valence-corrected chi connectivity index (χ3v) is 5.23. The average Bonchev–Trinajstić information content (AvgIpc) is 3.16. The Morgan fingerprint density at radius 2 is 2.00 bits per heavy atom. The molecule has 2 atom stereocenters. The van der Waals surface area contributed by atoms with E-state index in [4.69, 9.17) is 0 Å². The third-order valence-electron chi connectivity index (χ3n) is 5.23. The van der Waals surface area contributed by atoms with Gasteiger partial charge >= 0.3 is 0 Å². The summed E-state index contributed by atoms with van der Waals surface area (Å²) in [5.74, 6) is 0. The molecule has 3 rings (SSSR count). The van der Waals surface area contributed by atoms with Crippen LogP contribution in [-0.2, 0) is 0 Å². The molecule has 2 unspecified atom stereocenters. The molecule has 1 aliphatic carbocycles. The number of nitrogens with zero attached hydrogens (tertiary/aromatic N) is 2. The molecule has 2 aliphatic heterocycles. The van der Waals surface area contributed by atoms with Crippen LogP contribution in [0.3, 0.4) is 0 Å². The molecule has 0 aromatic heterocycles. The summed E-state index contributed by atoms with van der Waals surface area (Å²) in [6, 6.07) is 3.19. The van der Waals surface area contributed by atoms with E-state index in [0.717, 1.165) is 18.1 Å². The molecular formula is C16H31N3. The lowest BCUT2D eigenvalue weighted by molar-refractivity contribution is 0.128. The maximum absolute atomic E-state index is 3.72. The lowest BCUT2D eigenvalue weighted by Gasteiger charge is -2.37. The summed E-state index contributed by atoms with van der Waals surface area (Å²) in [5, 5.41) is 3.72. The summed E-state index contributed by atoms with van der Waals surface area (Å²) < 4.78 is 0. The van der Waals surface area contributed by atoms with Gasteiger partial charge in [-0.1, -0.05) is 6.42 Å². The van der Waals surface area contributed by atoms with E-state index in [0.29, 0.717) is 6.04 Å². The molecule has 0 aromatic rings. The average molecular weight is 265 g/mol. The van der Waals surface area contributed by atoms with Gasteiger partial charge in [-0.3, -0.25) is 9.80 Å². The van der Waals surface area contributed by atoms with Crippen molar-refractivity contribution >= 4 is 0 Å². The molecule has 0 aromatic carbocycles. The smallest absolute Gasteiger partial charge is 0.0238 e. The summed E-state index contributed by atoms with van der Waals surface area (Å²) in [4.78, 5) is 5.53. The number of nitrogens with one attached hydrogen (secondary N) is 1. The Morgan fingerprint density at radius 1 is 1.16 bits per heavy atom. The van der Waals surface area contributed by atoms with E-state index in [-0.39, 0.29) is 0 Å². The fourth-order valence-corrected chi connectivity index (χ4v) is 3.93. The van der Waals surface area contributed by atoms with Crippen LogP contribution in [0.5, 0.6) is 0 Å². The molecular weight excluding hydrogens is 234 g/mol. The Morgan fingerprint density at radius 3 is 2.63 bits per heavy atom. The molecule has 3 nitrogen and oxygen atoms in total. The molecule has 19 heavy (non-hydrogen) atoms. The molecule has 3 fully saturated rings. The Balaban J connectivity index is 1.54. The first kappa shape index (κ1) is 13.8. The molecule has 0 amide bonds. The van der Waals surface area contributed by atoms with Gasteiger partial charge in [0.15, 0.2) is 0 Å². The lowest BCUT2D eigenvalue weighted by Crippen LogP contribution is -2.50. The van der Waals surface area contributed by atoms with Gasteiger partial charge in [0.2, 0.25) is 0 Å². The summed E-state index contributed by atoms with van der Waals surface area (Å²) in [7, 11) is 0. The van der Waals surface area contributed by atoms with Crippen molar-refractivity contribution in [3.8, 4) is 0 Å². The van der Waals surface area contributed by atoms with Crippen LogP contribution in [0.1, 0.15) is 52.4 Å². The molecule has 2 heterocycles. The summed E-state index contributed by atoms with van der Waals surface area (Å²) >= 11 is 0. The van der Waals surface area contributed by atoms with E-state index in [1.807, 2.05) is 0 Å². The van der Waals surface area contributed by atoms with Gasteiger partial charge in [-0.05, 0) is 52.5 Å². The molecule has 0 bridgehead atoms. The van der Waals surface area contributed by atoms with Crippen LogP contribution in [0, 0.1) is 0 Å².